The van der Waals surface area contributed by atoms with Crippen molar-refractivity contribution in [2.45, 2.75) is 59.5 Å². The summed E-state index contributed by atoms with van der Waals surface area (Å²) in [5.41, 5.74) is 5.31. The lowest BCUT2D eigenvalue weighted by molar-refractivity contribution is -0.132. The molecular formula is C14H28N2O2. The molecule has 4 heteroatoms. The molecule has 1 aliphatic heterocycles. The van der Waals surface area contributed by atoms with E-state index in [0.717, 1.165) is 6.42 Å². The summed E-state index contributed by atoms with van der Waals surface area (Å²) in [6.45, 7) is 13.4. The minimum Gasteiger partial charge on any atom is -0.379 e. The zero-order valence-corrected chi connectivity index (χ0v) is 12.6. The van der Waals surface area contributed by atoms with E-state index in [9.17, 15) is 4.79 Å². The second-order valence-electron chi connectivity index (χ2n) is 7.61. The fourth-order valence-electron chi connectivity index (χ4n) is 2.74. The molecule has 1 saturated heterocycles. The van der Waals surface area contributed by atoms with Crippen molar-refractivity contribution in [1.29, 1.82) is 0 Å². The van der Waals surface area contributed by atoms with E-state index in [4.69, 9.17) is 10.5 Å². The number of amides is 1. The summed E-state index contributed by atoms with van der Waals surface area (Å²) in [5, 5.41) is 3.13. The van der Waals surface area contributed by atoms with Gasteiger partial charge in [-0.15, -0.1) is 0 Å². The predicted molar refractivity (Wildman–Crippen MR) is 73.2 cm³/mol. The third-order valence-electron chi connectivity index (χ3n) is 3.46. The number of ether oxygens (including phenoxy) is 1. The molecule has 1 fully saturated rings. The molecule has 4 nitrogen and oxygen atoms in total. The maximum atomic E-state index is 12.4. The number of hydrogen-bond donors (Lipinski definition) is 2. The van der Waals surface area contributed by atoms with Crippen molar-refractivity contribution in [1.82, 2.24) is 5.32 Å². The Morgan fingerprint density at radius 3 is 2.33 bits per heavy atom. The molecule has 106 valence electrons. The summed E-state index contributed by atoms with van der Waals surface area (Å²) >= 11 is 0. The number of nitrogens with two attached hydrogens (primary N) is 1. The van der Waals surface area contributed by atoms with Crippen molar-refractivity contribution in [3.05, 3.63) is 0 Å². The largest absolute Gasteiger partial charge is 0.379 e. The number of rotatable bonds is 3. The smallest absolute Gasteiger partial charge is 0.230 e. The molecule has 2 atom stereocenters. The van der Waals surface area contributed by atoms with Gasteiger partial charge in [-0.05, 0) is 32.6 Å². The van der Waals surface area contributed by atoms with Crippen molar-refractivity contribution in [2.24, 2.45) is 16.6 Å². The Bertz CT molecular complexity index is 320. The highest BCUT2D eigenvalue weighted by Gasteiger charge is 2.45. The minimum absolute atomic E-state index is 0.00162. The molecule has 0 aromatic heterocycles. The molecule has 0 aliphatic carbocycles. The molecule has 0 bridgehead atoms. The highest BCUT2D eigenvalue weighted by Crippen LogP contribution is 2.31. The van der Waals surface area contributed by atoms with Crippen LogP contribution in [0.25, 0.3) is 0 Å². The average molecular weight is 256 g/mol. The minimum atomic E-state index is -0.602. The molecule has 0 spiro atoms. The van der Waals surface area contributed by atoms with E-state index >= 15 is 0 Å². The van der Waals surface area contributed by atoms with Crippen molar-refractivity contribution in [3.8, 4) is 0 Å². The van der Waals surface area contributed by atoms with Gasteiger partial charge in [0.25, 0.3) is 0 Å². The van der Waals surface area contributed by atoms with Gasteiger partial charge in [0, 0.05) is 11.6 Å². The van der Waals surface area contributed by atoms with E-state index < -0.39 is 5.41 Å². The molecule has 1 heterocycles. The first-order valence-electron chi connectivity index (χ1n) is 6.62. The van der Waals surface area contributed by atoms with Gasteiger partial charge in [-0.3, -0.25) is 4.79 Å². The summed E-state index contributed by atoms with van der Waals surface area (Å²) in [6.07, 6.45) is 0.915. The molecule has 18 heavy (non-hydrogen) atoms. The van der Waals surface area contributed by atoms with Crippen LogP contribution in [0.3, 0.4) is 0 Å². The van der Waals surface area contributed by atoms with Crippen LogP contribution in [-0.4, -0.2) is 30.7 Å². The quantitative estimate of drug-likeness (QED) is 0.807. The first-order chi connectivity index (χ1) is 7.96. The van der Waals surface area contributed by atoms with Gasteiger partial charge in [0.2, 0.25) is 5.91 Å². The molecule has 0 radical (unpaired) electrons. The number of nitrogens with one attached hydrogen (secondary N) is 1. The molecule has 0 aromatic rings. The summed E-state index contributed by atoms with van der Waals surface area (Å²) < 4.78 is 5.32. The topological polar surface area (TPSA) is 64.3 Å². The Labute approximate surface area is 111 Å². The lowest BCUT2D eigenvalue weighted by atomic mass is 9.79. The van der Waals surface area contributed by atoms with Gasteiger partial charge in [0.15, 0.2) is 0 Å². The van der Waals surface area contributed by atoms with Crippen LogP contribution in [0.15, 0.2) is 0 Å². The Kier molecular flexibility index (Phi) is 4.13. The van der Waals surface area contributed by atoms with E-state index in [1.54, 1.807) is 0 Å². The van der Waals surface area contributed by atoms with Crippen molar-refractivity contribution in [3.63, 3.8) is 0 Å². The summed E-state index contributed by atoms with van der Waals surface area (Å²) in [7, 11) is 0. The third kappa shape index (κ3) is 3.69. The highest BCUT2D eigenvalue weighted by molar-refractivity contribution is 5.84. The van der Waals surface area contributed by atoms with E-state index in [1.807, 2.05) is 6.92 Å². The van der Waals surface area contributed by atoms with Crippen LogP contribution in [0, 0.1) is 10.8 Å². The molecule has 1 aliphatic rings. The second kappa shape index (κ2) is 4.82. The van der Waals surface area contributed by atoms with Crippen LogP contribution in [0.2, 0.25) is 0 Å². The van der Waals surface area contributed by atoms with E-state index in [1.165, 1.54) is 0 Å². The van der Waals surface area contributed by atoms with Gasteiger partial charge in [0.05, 0.1) is 18.6 Å². The SMILES string of the molecule is CC(C)(C)CC(C)(C)NC(=O)C1(C)COCC1N. The number of carbonyl (C=O) groups excluding carboxylic acids is 1. The van der Waals surface area contributed by atoms with Gasteiger partial charge in [0.1, 0.15) is 0 Å². The van der Waals surface area contributed by atoms with Gasteiger partial charge in [-0.25, -0.2) is 0 Å². The van der Waals surface area contributed by atoms with E-state index in [2.05, 4.69) is 39.9 Å². The maximum absolute atomic E-state index is 12.4. The predicted octanol–water partition coefficient (Wildman–Crippen LogP) is 1.68. The van der Waals surface area contributed by atoms with E-state index in [0.29, 0.717) is 13.2 Å². The Hall–Kier alpha value is -0.610. The summed E-state index contributed by atoms with van der Waals surface area (Å²) in [5.74, 6) is 0.00162. The standard InChI is InChI=1S/C14H28N2O2/c1-12(2,3)8-13(4,5)16-11(17)14(6)9-18-7-10(14)15/h10H,7-9,15H2,1-6H3,(H,16,17). The lowest BCUT2D eigenvalue weighted by Gasteiger charge is -2.36. The van der Waals surface area contributed by atoms with Crippen molar-refractivity contribution < 1.29 is 9.53 Å². The van der Waals surface area contributed by atoms with Gasteiger partial charge < -0.3 is 15.8 Å². The Morgan fingerprint density at radius 1 is 1.39 bits per heavy atom. The molecule has 0 saturated carbocycles. The Morgan fingerprint density at radius 2 is 1.94 bits per heavy atom. The van der Waals surface area contributed by atoms with Crippen LogP contribution in [0.4, 0.5) is 0 Å². The van der Waals surface area contributed by atoms with Crippen LogP contribution in [0.5, 0.6) is 0 Å². The van der Waals surface area contributed by atoms with Gasteiger partial charge in [-0.1, -0.05) is 20.8 Å². The molecule has 1 amide bonds. The fraction of sp³-hybridized carbons (Fsp3) is 0.929. The zero-order valence-electron chi connectivity index (χ0n) is 12.6. The summed E-state index contributed by atoms with van der Waals surface area (Å²) in [4.78, 5) is 12.4. The second-order valence-corrected chi connectivity index (χ2v) is 7.61. The summed E-state index contributed by atoms with van der Waals surface area (Å²) in [6, 6.07) is -0.220. The van der Waals surface area contributed by atoms with Crippen molar-refractivity contribution in [2.75, 3.05) is 13.2 Å². The molecular weight excluding hydrogens is 228 g/mol. The van der Waals surface area contributed by atoms with E-state index in [-0.39, 0.29) is 22.9 Å². The van der Waals surface area contributed by atoms with Crippen LogP contribution in [-0.2, 0) is 9.53 Å². The lowest BCUT2D eigenvalue weighted by Crippen LogP contribution is -2.56. The van der Waals surface area contributed by atoms with Gasteiger partial charge in [-0.2, -0.15) is 0 Å². The molecule has 2 unspecified atom stereocenters. The van der Waals surface area contributed by atoms with Crippen LogP contribution >= 0.6 is 0 Å². The van der Waals surface area contributed by atoms with Crippen LogP contribution < -0.4 is 11.1 Å². The normalized spacial score (nSPS) is 29.4. The van der Waals surface area contributed by atoms with Crippen molar-refractivity contribution >= 4 is 5.91 Å². The average Bonchev–Trinajstić information content (AvgIpc) is 2.43. The van der Waals surface area contributed by atoms with Gasteiger partial charge >= 0.3 is 0 Å². The third-order valence-corrected chi connectivity index (χ3v) is 3.46. The first kappa shape index (κ1) is 15.4. The first-order valence-corrected chi connectivity index (χ1v) is 6.62. The fourth-order valence-corrected chi connectivity index (χ4v) is 2.74. The van der Waals surface area contributed by atoms with Crippen LogP contribution in [0.1, 0.15) is 48.0 Å². The number of hydrogen-bond acceptors (Lipinski definition) is 3. The molecule has 3 N–H and O–H groups in total. The zero-order chi connectivity index (χ0) is 14.2. The molecule has 0 aromatic carbocycles. The highest BCUT2D eigenvalue weighted by atomic mass is 16.5. The monoisotopic (exact) mass is 256 g/mol. The molecule has 1 rings (SSSR count). The Balaban J connectivity index is 2.69. The number of carbonyl (C=O) groups is 1. The maximum Gasteiger partial charge on any atom is 0.230 e.